The summed E-state index contributed by atoms with van der Waals surface area (Å²) in [5.41, 5.74) is 0. The predicted molar refractivity (Wildman–Crippen MR) is 28.5 cm³/mol. The van der Waals surface area contributed by atoms with E-state index in [2.05, 4.69) is 10.8 Å². The van der Waals surface area contributed by atoms with E-state index in [0.717, 1.165) is 0 Å². The maximum absolute atomic E-state index is 8.28. The molecule has 0 unspecified atom stereocenters. The van der Waals surface area contributed by atoms with E-state index in [1.807, 2.05) is 0 Å². The average molecular weight is 107 g/mol. The van der Waals surface area contributed by atoms with Gasteiger partial charge in [-0.25, -0.2) is 0 Å². The highest BCUT2D eigenvalue weighted by Crippen LogP contribution is 2.04. The van der Waals surface area contributed by atoms with E-state index in [0.29, 0.717) is 0 Å². The van der Waals surface area contributed by atoms with Gasteiger partial charge in [-0.2, -0.15) is 5.26 Å². The van der Waals surface area contributed by atoms with Crippen LogP contribution in [-0.4, -0.2) is 0 Å². The summed E-state index contributed by atoms with van der Waals surface area (Å²) < 4.78 is 4.69. The zero-order valence-electron chi connectivity index (χ0n) is 4.24. The first kappa shape index (κ1) is 4.92. The molecule has 0 spiro atoms. The lowest BCUT2D eigenvalue weighted by atomic mass is 10.1. The second-order valence-corrected chi connectivity index (χ2v) is 1.45. The molecule has 0 radical (unpaired) electrons. The van der Waals surface area contributed by atoms with E-state index in [-0.39, 0.29) is 5.92 Å². The van der Waals surface area contributed by atoms with Gasteiger partial charge in [0.25, 0.3) is 0 Å². The van der Waals surface area contributed by atoms with Gasteiger partial charge in [-0.15, -0.1) is 0 Å². The van der Waals surface area contributed by atoms with E-state index in [1.54, 1.807) is 12.2 Å². The zero-order chi connectivity index (χ0) is 5.82. The first-order valence-electron chi connectivity index (χ1n) is 2.32. The average Bonchev–Trinajstić information content (AvgIpc) is 1.90. The molecule has 2 nitrogen and oxygen atoms in total. The largest absolute Gasteiger partial charge is 0.473 e. The second kappa shape index (κ2) is 2.17. The minimum absolute atomic E-state index is 0.0938. The van der Waals surface area contributed by atoms with Crippen LogP contribution in [0.15, 0.2) is 24.7 Å². The van der Waals surface area contributed by atoms with Crippen LogP contribution in [0.25, 0.3) is 0 Å². The summed E-state index contributed by atoms with van der Waals surface area (Å²) in [7, 11) is 0. The zero-order valence-corrected chi connectivity index (χ0v) is 4.24. The van der Waals surface area contributed by atoms with Crippen molar-refractivity contribution in [3.05, 3.63) is 24.7 Å². The third-order valence-electron chi connectivity index (χ3n) is 0.878. The van der Waals surface area contributed by atoms with Crippen LogP contribution in [0.2, 0.25) is 0 Å². The molecule has 0 saturated heterocycles. The van der Waals surface area contributed by atoms with Gasteiger partial charge in [0, 0.05) is 0 Å². The third kappa shape index (κ3) is 0.881. The quantitative estimate of drug-likeness (QED) is 0.465. The van der Waals surface area contributed by atoms with Crippen molar-refractivity contribution in [2.75, 3.05) is 0 Å². The van der Waals surface area contributed by atoms with Crippen molar-refractivity contribution in [2.45, 2.75) is 0 Å². The number of rotatable bonds is 0. The fraction of sp³-hybridized carbons (Fsp3) is 0.167. The molecule has 2 heteroatoms. The van der Waals surface area contributed by atoms with E-state index in [1.165, 1.54) is 12.5 Å². The highest BCUT2D eigenvalue weighted by molar-refractivity contribution is 5.10. The Labute approximate surface area is 47.7 Å². The van der Waals surface area contributed by atoms with Crippen molar-refractivity contribution in [1.82, 2.24) is 0 Å². The lowest BCUT2D eigenvalue weighted by molar-refractivity contribution is 0.389. The Morgan fingerprint density at radius 3 is 2.38 bits per heavy atom. The topological polar surface area (TPSA) is 33.0 Å². The van der Waals surface area contributed by atoms with E-state index >= 15 is 0 Å². The minimum Gasteiger partial charge on any atom is -0.473 e. The molecule has 0 aromatic heterocycles. The lowest BCUT2D eigenvalue weighted by Crippen LogP contribution is -1.89. The molecular formula is C6H5NO. The molecule has 1 rings (SSSR count). The molecule has 0 atom stereocenters. The Hall–Kier alpha value is -1.23. The third-order valence-corrected chi connectivity index (χ3v) is 0.878. The summed E-state index contributed by atoms with van der Waals surface area (Å²) in [4.78, 5) is 0. The molecule has 1 aliphatic rings. The van der Waals surface area contributed by atoms with Gasteiger partial charge in [0.1, 0.15) is 0 Å². The summed E-state index contributed by atoms with van der Waals surface area (Å²) in [5.74, 6) is -0.0938. The van der Waals surface area contributed by atoms with Crippen molar-refractivity contribution in [3.63, 3.8) is 0 Å². The van der Waals surface area contributed by atoms with Crippen molar-refractivity contribution in [1.29, 1.82) is 5.26 Å². The van der Waals surface area contributed by atoms with Crippen molar-refractivity contribution in [3.8, 4) is 6.07 Å². The molecule has 0 N–H and O–H groups in total. The fourth-order valence-corrected chi connectivity index (χ4v) is 0.456. The number of allylic oxidation sites excluding steroid dienone is 2. The van der Waals surface area contributed by atoms with Crippen molar-refractivity contribution >= 4 is 0 Å². The molecule has 8 heavy (non-hydrogen) atoms. The molecule has 1 heterocycles. The molecule has 0 aromatic carbocycles. The SMILES string of the molecule is N#CC1C=COC=C1. The molecular weight excluding hydrogens is 102 g/mol. The van der Waals surface area contributed by atoms with Gasteiger partial charge in [-0.3, -0.25) is 0 Å². The van der Waals surface area contributed by atoms with Crippen molar-refractivity contribution in [2.24, 2.45) is 5.92 Å². The Morgan fingerprint density at radius 2 is 2.00 bits per heavy atom. The molecule has 0 aliphatic carbocycles. The number of ether oxygens (including phenoxy) is 1. The van der Waals surface area contributed by atoms with Gasteiger partial charge >= 0.3 is 0 Å². The molecule has 0 aromatic rings. The first-order chi connectivity index (χ1) is 3.93. The maximum atomic E-state index is 8.28. The number of hydrogen-bond donors (Lipinski definition) is 0. The molecule has 0 amide bonds. The highest BCUT2D eigenvalue weighted by atomic mass is 16.5. The number of hydrogen-bond acceptors (Lipinski definition) is 2. The van der Waals surface area contributed by atoms with Crippen LogP contribution in [0.4, 0.5) is 0 Å². The van der Waals surface area contributed by atoms with Crippen molar-refractivity contribution < 1.29 is 4.74 Å². The standard InChI is InChI=1S/C6H5NO/c7-5-6-1-3-8-4-2-6/h1-4,6H. The van der Waals surface area contributed by atoms with E-state index in [9.17, 15) is 0 Å². The first-order valence-corrected chi connectivity index (χ1v) is 2.32. The van der Waals surface area contributed by atoms with Crippen LogP contribution >= 0.6 is 0 Å². The second-order valence-electron chi connectivity index (χ2n) is 1.45. The van der Waals surface area contributed by atoms with Gasteiger partial charge in [0.2, 0.25) is 0 Å². The summed E-state index contributed by atoms with van der Waals surface area (Å²) in [6.45, 7) is 0. The van der Waals surface area contributed by atoms with Crippen LogP contribution in [0.5, 0.6) is 0 Å². The monoisotopic (exact) mass is 107 g/mol. The fourth-order valence-electron chi connectivity index (χ4n) is 0.456. The summed E-state index contributed by atoms with van der Waals surface area (Å²) in [5, 5.41) is 8.28. The molecule has 1 aliphatic heterocycles. The van der Waals surface area contributed by atoms with Gasteiger partial charge in [-0.05, 0) is 12.2 Å². The summed E-state index contributed by atoms with van der Waals surface area (Å²) >= 11 is 0. The molecule has 0 bridgehead atoms. The summed E-state index contributed by atoms with van der Waals surface area (Å²) in [6.07, 6.45) is 6.40. The van der Waals surface area contributed by atoms with Gasteiger partial charge < -0.3 is 4.74 Å². The van der Waals surface area contributed by atoms with Gasteiger partial charge in [-0.1, -0.05) is 0 Å². The smallest absolute Gasteiger partial charge is 0.0889 e. The number of nitriles is 1. The Morgan fingerprint density at radius 1 is 1.38 bits per heavy atom. The van der Waals surface area contributed by atoms with Crippen LogP contribution in [-0.2, 0) is 4.74 Å². The van der Waals surface area contributed by atoms with Crippen LogP contribution in [0, 0.1) is 17.2 Å². The van der Waals surface area contributed by atoms with Crippen LogP contribution in [0.1, 0.15) is 0 Å². The van der Waals surface area contributed by atoms with Crippen LogP contribution in [0.3, 0.4) is 0 Å². The maximum Gasteiger partial charge on any atom is 0.0889 e. The highest BCUT2D eigenvalue weighted by Gasteiger charge is 1.97. The van der Waals surface area contributed by atoms with E-state index in [4.69, 9.17) is 5.26 Å². The normalized spacial score (nSPS) is 17.4. The molecule has 0 saturated carbocycles. The van der Waals surface area contributed by atoms with Gasteiger partial charge in [0.15, 0.2) is 0 Å². The lowest BCUT2D eigenvalue weighted by Gasteiger charge is -1.99. The Kier molecular flexibility index (Phi) is 1.34. The Bertz CT molecular complexity index is 152. The minimum atomic E-state index is -0.0938. The molecule has 40 valence electrons. The number of nitrogens with zero attached hydrogens (tertiary/aromatic N) is 1. The van der Waals surface area contributed by atoms with E-state index < -0.39 is 0 Å². The summed E-state index contributed by atoms with van der Waals surface area (Å²) in [6, 6.07) is 2.05. The predicted octanol–water partition coefficient (Wildman–Crippen LogP) is 1.18. The Balaban J connectivity index is 2.58. The van der Waals surface area contributed by atoms with Gasteiger partial charge in [0.05, 0.1) is 24.5 Å². The van der Waals surface area contributed by atoms with Crippen LogP contribution < -0.4 is 0 Å². The molecule has 0 fully saturated rings.